The van der Waals surface area contributed by atoms with E-state index in [1.165, 1.54) is 17.7 Å². The molecule has 2 saturated heterocycles. The van der Waals surface area contributed by atoms with E-state index in [0.29, 0.717) is 45.1 Å². The maximum atomic E-state index is 13.3. The fourth-order valence-corrected chi connectivity index (χ4v) is 6.19. The number of hydrogen-bond acceptors (Lipinski definition) is 6. The van der Waals surface area contributed by atoms with Gasteiger partial charge in [-0.15, -0.1) is 0 Å². The van der Waals surface area contributed by atoms with Crippen molar-refractivity contribution in [3.63, 3.8) is 0 Å². The molecule has 2 fully saturated rings. The highest BCUT2D eigenvalue weighted by atomic mass is 19.1. The molecule has 0 N–H and O–H groups in total. The second-order valence-corrected chi connectivity index (χ2v) is 13.3. The first-order valence-electron chi connectivity index (χ1n) is 14.9. The summed E-state index contributed by atoms with van der Waals surface area (Å²) in [5, 5.41) is 0. The van der Waals surface area contributed by atoms with E-state index in [4.69, 9.17) is 23.7 Å². The third-order valence-electron chi connectivity index (χ3n) is 8.31. The van der Waals surface area contributed by atoms with Gasteiger partial charge < -0.3 is 28.6 Å². The molecule has 0 aromatic heterocycles. The minimum absolute atomic E-state index is 0.00822. The number of carbonyl (C=O) groups is 1. The van der Waals surface area contributed by atoms with E-state index in [0.717, 1.165) is 29.7 Å². The number of halogens is 1. The van der Waals surface area contributed by atoms with Crippen LogP contribution in [0.3, 0.4) is 0 Å². The van der Waals surface area contributed by atoms with Gasteiger partial charge in [0, 0.05) is 24.1 Å². The molecule has 0 bridgehead atoms. The molecule has 42 heavy (non-hydrogen) atoms. The SMILES string of the molecule is CC(C)=CCC[C@@]1(C)Oc2cc(OCc3ccc(F)cc3)ccc2[C@H]2OC[C@]3(C[C@@H]21)CN(C(=O)OC(C)(C)C)CCO3. The number of allylic oxidation sites excluding steroid dienone is 2. The minimum Gasteiger partial charge on any atom is -0.489 e. The van der Waals surface area contributed by atoms with Crippen molar-refractivity contribution < 1.29 is 32.9 Å². The molecule has 3 aliphatic heterocycles. The van der Waals surface area contributed by atoms with Crippen LogP contribution in [-0.2, 0) is 20.8 Å². The molecule has 3 aliphatic rings. The van der Waals surface area contributed by atoms with Crippen LogP contribution in [0.25, 0.3) is 0 Å². The Hall–Kier alpha value is -3.10. The standard InChI is InChI=1S/C34H44FNO6/c1-23(2)8-7-15-33(6)28-19-34(21-36(16-17-40-34)31(37)42-32(3,4)5)22-39-30(28)27-14-13-26(18-29(27)41-33)38-20-24-9-11-25(35)12-10-24/h8-14,18,28,30H,7,15-17,19-22H2,1-6H3/t28-,30+,33+,34-/m0/s1. The second-order valence-electron chi connectivity index (χ2n) is 13.3. The molecule has 2 aromatic carbocycles. The lowest BCUT2D eigenvalue weighted by Crippen LogP contribution is -2.63. The van der Waals surface area contributed by atoms with Crippen molar-refractivity contribution in [3.05, 3.63) is 71.1 Å². The van der Waals surface area contributed by atoms with Crippen molar-refractivity contribution in [2.24, 2.45) is 5.92 Å². The summed E-state index contributed by atoms with van der Waals surface area (Å²) in [4.78, 5) is 14.7. The zero-order chi connectivity index (χ0) is 30.1. The van der Waals surface area contributed by atoms with Crippen LogP contribution in [0, 0.1) is 11.7 Å². The van der Waals surface area contributed by atoms with Gasteiger partial charge in [-0.2, -0.15) is 0 Å². The number of nitrogens with zero attached hydrogens (tertiary/aromatic N) is 1. The summed E-state index contributed by atoms with van der Waals surface area (Å²) in [5.41, 5.74) is 1.40. The fraction of sp³-hybridized carbons (Fsp3) is 0.559. The molecule has 228 valence electrons. The zero-order valence-electron chi connectivity index (χ0n) is 25.7. The van der Waals surface area contributed by atoms with E-state index in [2.05, 4.69) is 26.8 Å². The van der Waals surface area contributed by atoms with Crippen LogP contribution in [0.15, 0.2) is 54.1 Å². The minimum atomic E-state index is -0.632. The predicted molar refractivity (Wildman–Crippen MR) is 158 cm³/mol. The second kappa shape index (κ2) is 11.9. The van der Waals surface area contributed by atoms with Gasteiger partial charge in [0.15, 0.2) is 0 Å². The van der Waals surface area contributed by atoms with Gasteiger partial charge in [0.05, 0.1) is 25.9 Å². The maximum absolute atomic E-state index is 13.3. The topological polar surface area (TPSA) is 66.5 Å². The van der Waals surface area contributed by atoms with Crippen molar-refractivity contribution in [2.75, 3.05) is 26.3 Å². The van der Waals surface area contributed by atoms with Gasteiger partial charge in [0.25, 0.3) is 0 Å². The first-order valence-corrected chi connectivity index (χ1v) is 14.9. The molecule has 1 amide bonds. The number of morpholine rings is 1. The Morgan fingerprint density at radius 3 is 2.64 bits per heavy atom. The molecule has 2 aromatic rings. The normalized spacial score (nSPS) is 27.0. The molecule has 0 saturated carbocycles. The molecular formula is C34H44FNO6. The largest absolute Gasteiger partial charge is 0.489 e. The Morgan fingerprint density at radius 2 is 1.93 bits per heavy atom. The van der Waals surface area contributed by atoms with Crippen LogP contribution in [-0.4, -0.2) is 54.1 Å². The van der Waals surface area contributed by atoms with Gasteiger partial charge in [0.2, 0.25) is 0 Å². The monoisotopic (exact) mass is 581 g/mol. The lowest BCUT2D eigenvalue weighted by atomic mass is 9.69. The number of hydrogen-bond donors (Lipinski definition) is 0. The van der Waals surface area contributed by atoms with Crippen molar-refractivity contribution in [3.8, 4) is 11.5 Å². The Bertz CT molecular complexity index is 1300. The summed E-state index contributed by atoms with van der Waals surface area (Å²) in [6.45, 7) is 14.0. The molecule has 8 heteroatoms. The molecule has 0 aliphatic carbocycles. The van der Waals surface area contributed by atoms with E-state index in [9.17, 15) is 9.18 Å². The summed E-state index contributed by atoms with van der Waals surface area (Å²) in [6.07, 6.45) is 4.11. The molecule has 3 heterocycles. The Kier molecular flexibility index (Phi) is 8.59. The molecule has 0 unspecified atom stereocenters. The van der Waals surface area contributed by atoms with E-state index in [1.54, 1.807) is 17.0 Å². The van der Waals surface area contributed by atoms with Gasteiger partial charge >= 0.3 is 6.09 Å². The number of fused-ring (bicyclic) bond motifs is 3. The van der Waals surface area contributed by atoms with Crippen LogP contribution >= 0.6 is 0 Å². The van der Waals surface area contributed by atoms with Crippen LogP contribution < -0.4 is 9.47 Å². The number of rotatable bonds is 6. The molecule has 7 nitrogen and oxygen atoms in total. The number of benzene rings is 2. The van der Waals surface area contributed by atoms with E-state index >= 15 is 0 Å². The Morgan fingerprint density at radius 1 is 1.17 bits per heavy atom. The smallest absolute Gasteiger partial charge is 0.410 e. The third kappa shape index (κ3) is 6.92. The van der Waals surface area contributed by atoms with Crippen LogP contribution in [0.2, 0.25) is 0 Å². The van der Waals surface area contributed by atoms with Crippen molar-refractivity contribution in [2.45, 2.75) is 90.3 Å². The summed E-state index contributed by atoms with van der Waals surface area (Å²) in [7, 11) is 0. The highest BCUT2D eigenvalue weighted by Gasteiger charge is 2.55. The number of ether oxygens (including phenoxy) is 5. The van der Waals surface area contributed by atoms with Crippen molar-refractivity contribution >= 4 is 6.09 Å². The lowest BCUT2D eigenvalue weighted by molar-refractivity contribution is -0.231. The third-order valence-corrected chi connectivity index (χ3v) is 8.31. The molecular weight excluding hydrogens is 537 g/mol. The van der Waals surface area contributed by atoms with Gasteiger partial charge in [-0.3, -0.25) is 0 Å². The lowest BCUT2D eigenvalue weighted by Gasteiger charge is -2.55. The van der Waals surface area contributed by atoms with E-state index < -0.39 is 16.8 Å². The zero-order valence-corrected chi connectivity index (χ0v) is 25.7. The number of amides is 1. The van der Waals surface area contributed by atoms with E-state index in [1.807, 2.05) is 39.0 Å². The highest BCUT2D eigenvalue weighted by Crippen LogP contribution is 2.54. The first kappa shape index (κ1) is 30.4. The van der Waals surface area contributed by atoms with Gasteiger partial charge in [-0.1, -0.05) is 23.8 Å². The number of carbonyl (C=O) groups excluding carboxylic acids is 1. The summed E-state index contributed by atoms with van der Waals surface area (Å²) < 4.78 is 45.0. The van der Waals surface area contributed by atoms with Crippen molar-refractivity contribution in [1.82, 2.24) is 4.90 Å². The van der Waals surface area contributed by atoms with E-state index in [-0.39, 0.29) is 23.9 Å². The predicted octanol–water partition coefficient (Wildman–Crippen LogP) is 7.39. The molecule has 4 atom stereocenters. The Balaban J connectivity index is 1.38. The average Bonchev–Trinajstić information content (AvgIpc) is 2.92. The van der Waals surface area contributed by atoms with Crippen LogP contribution in [0.4, 0.5) is 9.18 Å². The average molecular weight is 582 g/mol. The van der Waals surface area contributed by atoms with Gasteiger partial charge in [0.1, 0.15) is 40.7 Å². The molecule has 5 rings (SSSR count). The van der Waals surface area contributed by atoms with Crippen molar-refractivity contribution in [1.29, 1.82) is 0 Å². The first-order chi connectivity index (χ1) is 19.8. The Labute approximate surface area is 248 Å². The van der Waals surface area contributed by atoms with Crippen LogP contribution in [0.1, 0.15) is 78.0 Å². The fourth-order valence-electron chi connectivity index (χ4n) is 6.19. The van der Waals surface area contributed by atoms with Gasteiger partial charge in [-0.25, -0.2) is 9.18 Å². The highest BCUT2D eigenvalue weighted by molar-refractivity contribution is 5.68. The quantitative estimate of drug-likeness (QED) is 0.332. The van der Waals surface area contributed by atoms with Gasteiger partial charge in [-0.05, 0) is 90.6 Å². The maximum Gasteiger partial charge on any atom is 0.410 e. The summed E-state index contributed by atoms with van der Waals surface area (Å²) in [6, 6.07) is 12.2. The van der Waals surface area contributed by atoms with Crippen LogP contribution in [0.5, 0.6) is 11.5 Å². The molecule has 0 radical (unpaired) electrons. The summed E-state index contributed by atoms with van der Waals surface area (Å²) >= 11 is 0. The molecule has 1 spiro atoms. The summed E-state index contributed by atoms with van der Waals surface area (Å²) in [5.74, 6) is 1.17.